The summed E-state index contributed by atoms with van der Waals surface area (Å²) in [5.74, 6) is 1.32. The van der Waals surface area contributed by atoms with Gasteiger partial charge in [-0.1, -0.05) is 36.0 Å². The highest BCUT2D eigenvalue weighted by atomic mass is 32.2. The second-order valence-electron chi connectivity index (χ2n) is 9.55. The maximum Gasteiger partial charge on any atom is 0.305 e. The largest absolute Gasteiger partial charge is 0.497 e. The molecular weight excluding hydrogens is 520 g/mol. The molecule has 2 aromatic rings. The van der Waals surface area contributed by atoms with Crippen molar-refractivity contribution in [3.8, 4) is 11.5 Å². The second kappa shape index (κ2) is 14.0. The minimum Gasteiger partial charge on any atom is -0.497 e. The topological polar surface area (TPSA) is 88.1 Å². The highest BCUT2D eigenvalue weighted by molar-refractivity contribution is 8.14. The van der Waals surface area contributed by atoms with Crippen LogP contribution in [0.25, 0.3) is 0 Å². The van der Waals surface area contributed by atoms with Gasteiger partial charge in [-0.2, -0.15) is 0 Å². The first-order valence-corrected chi connectivity index (χ1v) is 14.0. The zero-order chi connectivity index (χ0) is 27.8. The molecule has 4 rings (SSSR count). The fourth-order valence-electron chi connectivity index (χ4n) is 4.56. The van der Waals surface area contributed by atoms with Crippen molar-refractivity contribution in [3.05, 3.63) is 59.7 Å². The SMILES string of the molecule is CCOC(=O)CC[C@H]1OC2SC(N(C)C)=NC2[C@H](OCc2ccc(OC)cc2)[C@@H]1OCc1ccc(OC)cc1. The summed E-state index contributed by atoms with van der Waals surface area (Å²) in [5.41, 5.74) is 1.77. The third-order valence-electron chi connectivity index (χ3n) is 6.62. The van der Waals surface area contributed by atoms with Crippen LogP contribution in [-0.4, -0.2) is 80.7 Å². The maximum atomic E-state index is 12.2. The minimum absolute atomic E-state index is 0.232. The molecule has 1 saturated heterocycles. The molecule has 0 saturated carbocycles. The van der Waals surface area contributed by atoms with Crippen LogP contribution in [-0.2, 0) is 37.0 Å². The number of carbonyl (C=O) groups excluding carboxylic acids is 1. The Hall–Kier alpha value is -2.79. The molecule has 2 aromatic carbocycles. The number of aliphatic imine (C=N–C) groups is 1. The van der Waals surface area contributed by atoms with Gasteiger partial charge in [0.2, 0.25) is 0 Å². The van der Waals surface area contributed by atoms with Crippen molar-refractivity contribution < 1.29 is 33.2 Å². The molecule has 2 heterocycles. The molecule has 0 amide bonds. The van der Waals surface area contributed by atoms with Crippen molar-refractivity contribution in [2.75, 3.05) is 34.9 Å². The van der Waals surface area contributed by atoms with Gasteiger partial charge in [0.15, 0.2) is 5.17 Å². The van der Waals surface area contributed by atoms with Gasteiger partial charge in [0, 0.05) is 20.5 Å². The molecule has 39 heavy (non-hydrogen) atoms. The van der Waals surface area contributed by atoms with E-state index in [2.05, 4.69) is 0 Å². The van der Waals surface area contributed by atoms with Gasteiger partial charge >= 0.3 is 5.97 Å². The third-order valence-corrected chi connectivity index (χ3v) is 7.92. The summed E-state index contributed by atoms with van der Waals surface area (Å²) in [6.45, 7) is 2.88. The first-order chi connectivity index (χ1) is 18.9. The Morgan fingerprint density at radius 2 is 1.49 bits per heavy atom. The van der Waals surface area contributed by atoms with Crippen molar-refractivity contribution in [1.29, 1.82) is 0 Å². The van der Waals surface area contributed by atoms with E-state index in [-0.39, 0.29) is 36.1 Å². The number of nitrogens with zero attached hydrogens (tertiary/aromatic N) is 2. The lowest BCUT2D eigenvalue weighted by molar-refractivity contribution is -0.200. The van der Waals surface area contributed by atoms with Crippen molar-refractivity contribution >= 4 is 22.9 Å². The van der Waals surface area contributed by atoms with E-state index in [1.807, 2.05) is 67.5 Å². The van der Waals surface area contributed by atoms with Crippen LogP contribution in [0, 0.1) is 0 Å². The molecule has 0 aromatic heterocycles. The quantitative estimate of drug-likeness (QED) is 0.354. The van der Waals surface area contributed by atoms with E-state index in [1.54, 1.807) is 32.9 Å². The van der Waals surface area contributed by atoms with Crippen LogP contribution in [0.3, 0.4) is 0 Å². The van der Waals surface area contributed by atoms with Crippen molar-refractivity contribution in [2.45, 2.75) is 62.8 Å². The van der Waals surface area contributed by atoms with Crippen molar-refractivity contribution in [3.63, 3.8) is 0 Å². The van der Waals surface area contributed by atoms with Crippen molar-refractivity contribution in [2.24, 2.45) is 4.99 Å². The van der Waals surface area contributed by atoms with E-state index < -0.39 is 6.10 Å². The standard InChI is InChI=1S/C29H38N2O7S/c1-6-35-24(32)16-15-23-26(36-17-19-7-11-21(33-4)12-8-19)27(25-28(38-23)39-29(30-25)31(2)3)37-18-20-9-13-22(34-5)14-10-20/h7-14,23,25-28H,6,15-18H2,1-5H3/t23-,25?,26-,27+,28?/m1/s1. The Morgan fingerprint density at radius 3 is 2.00 bits per heavy atom. The van der Waals surface area contributed by atoms with Gasteiger partial charge in [0.25, 0.3) is 0 Å². The lowest BCUT2D eigenvalue weighted by Gasteiger charge is -2.43. The van der Waals surface area contributed by atoms with E-state index in [4.69, 9.17) is 33.4 Å². The number of rotatable bonds is 12. The van der Waals surface area contributed by atoms with Gasteiger partial charge in [-0.25, -0.2) is 0 Å². The van der Waals surface area contributed by atoms with E-state index in [0.29, 0.717) is 26.2 Å². The molecule has 212 valence electrons. The highest BCUT2D eigenvalue weighted by Gasteiger charge is 2.51. The van der Waals surface area contributed by atoms with E-state index in [9.17, 15) is 4.79 Å². The third kappa shape index (κ3) is 7.66. The number of ether oxygens (including phenoxy) is 6. The Labute approximate surface area is 234 Å². The molecule has 0 spiro atoms. The Balaban J connectivity index is 1.58. The van der Waals surface area contributed by atoms with E-state index in [1.165, 1.54) is 0 Å². The van der Waals surface area contributed by atoms with Gasteiger partial charge in [-0.05, 0) is 48.7 Å². The minimum atomic E-state index is -0.452. The van der Waals surface area contributed by atoms with Gasteiger partial charge in [0.1, 0.15) is 35.2 Å². The number of methoxy groups -OCH3 is 2. The van der Waals surface area contributed by atoms with Gasteiger partial charge in [0.05, 0.1) is 40.1 Å². The predicted octanol–water partition coefficient (Wildman–Crippen LogP) is 4.28. The van der Waals surface area contributed by atoms with E-state index in [0.717, 1.165) is 27.8 Å². The normalized spacial score (nSPS) is 24.0. The summed E-state index contributed by atoms with van der Waals surface area (Å²) in [5, 5.41) is 0.878. The fourth-order valence-corrected chi connectivity index (χ4v) is 5.71. The zero-order valence-corrected chi connectivity index (χ0v) is 24.0. The predicted molar refractivity (Wildman–Crippen MR) is 150 cm³/mol. The average molecular weight is 559 g/mol. The lowest BCUT2D eigenvalue weighted by Crippen LogP contribution is -2.56. The highest BCUT2D eigenvalue weighted by Crippen LogP contribution is 2.41. The molecule has 2 unspecified atom stereocenters. The molecule has 0 bridgehead atoms. The Morgan fingerprint density at radius 1 is 0.923 bits per heavy atom. The van der Waals surface area contributed by atoms with E-state index >= 15 is 0 Å². The molecule has 0 radical (unpaired) electrons. The zero-order valence-electron chi connectivity index (χ0n) is 23.2. The molecule has 1 fully saturated rings. The van der Waals surface area contributed by atoms with Crippen LogP contribution in [0.2, 0.25) is 0 Å². The molecule has 0 aliphatic carbocycles. The lowest BCUT2D eigenvalue weighted by atomic mass is 9.94. The molecule has 9 nitrogen and oxygen atoms in total. The summed E-state index contributed by atoms with van der Waals surface area (Å²) >= 11 is 1.57. The molecule has 2 aliphatic rings. The number of amidine groups is 1. The second-order valence-corrected chi connectivity index (χ2v) is 10.6. The van der Waals surface area contributed by atoms with Crippen LogP contribution >= 0.6 is 11.8 Å². The Bertz CT molecular complexity index is 1090. The number of benzene rings is 2. The van der Waals surface area contributed by atoms with Crippen LogP contribution < -0.4 is 9.47 Å². The first-order valence-electron chi connectivity index (χ1n) is 13.1. The van der Waals surface area contributed by atoms with Gasteiger partial charge in [-0.3, -0.25) is 9.79 Å². The maximum absolute atomic E-state index is 12.2. The first kappa shape index (κ1) is 29.2. The fraction of sp³-hybridized carbons (Fsp3) is 0.517. The van der Waals surface area contributed by atoms with Crippen LogP contribution in [0.1, 0.15) is 30.9 Å². The molecule has 2 aliphatic heterocycles. The number of thioether (sulfide) groups is 1. The van der Waals surface area contributed by atoms with Crippen LogP contribution in [0.4, 0.5) is 0 Å². The summed E-state index contributed by atoms with van der Waals surface area (Å²) < 4.78 is 35.4. The summed E-state index contributed by atoms with van der Waals surface area (Å²) in [7, 11) is 7.22. The Kier molecular flexibility index (Phi) is 10.5. The summed E-state index contributed by atoms with van der Waals surface area (Å²) in [4.78, 5) is 19.2. The molecule has 5 atom stereocenters. The number of esters is 1. The van der Waals surface area contributed by atoms with Crippen LogP contribution in [0.15, 0.2) is 53.5 Å². The number of fused-ring (bicyclic) bond motifs is 1. The summed E-state index contributed by atoms with van der Waals surface area (Å²) in [6, 6.07) is 15.3. The van der Waals surface area contributed by atoms with Gasteiger partial charge in [-0.15, -0.1) is 0 Å². The van der Waals surface area contributed by atoms with Gasteiger partial charge < -0.3 is 33.3 Å². The van der Waals surface area contributed by atoms with Crippen molar-refractivity contribution in [1.82, 2.24) is 4.90 Å². The molecule has 0 N–H and O–H groups in total. The van der Waals surface area contributed by atoms with Crippen LogP contribution in [0.5, 0.6) is 11.5 Å². The summed E-state index contributed by atoms with van der Waals surface area (Å²) in [6.07, 6.45) is -0.530. The molecule has 10 heteroatoms. The average Bonchev–Trinajstić information content (AvgIpc) is 3.39. The smallest absolute Gasteiger partial charge is 0.305 e. The molecular formula is C29H38N2O7S. The number of carbonyl (C=O) groups is 1. The number of hydrogen-bond acceptors (Lipinski definition) is 10. The monoisotopic (exact) mass is 558 g/mol. The number of hydrogen-bond donors (Lipinski definition) is 0.